The number of amidine groups is 1. The summed E-state index contributed by atoms with van der Waals surface area (Å²) >= 11 is 0. The Morgan fingerprint density at radius 2 is 1.68 bits per heavy atom. The number of hydrogen-bond acceptors (Lipinski definition) is 5. The fourth-order valence-corrected chi connectivity index (χ4v) is 3.76. The van der Waals surface area contributed by atoms with Crippen molar-refractivity contribution in [3.63, 3.8) is 0 Å². The Hall–Kier alpha value is -2.92. The molecule has 2 aromatic rings. The quantitative estimate of drug-likeness (QED) is 0.781. The SMILES string of the molecule is COc1ccc(S(=O)(=O)N[C@@]2(C(F)(F)F)N=C(c3ccccc3)NC2=O)cc1. The summed E-state index contributed by atoms with van der Waals surface area (Å²) in [5.41, 5.74) is -3.48. The monoisotopic (exact) mass is 413 g/mol. The van der Waals surface area contributed by atoms with Crippen LogP contribution >= 0.6 is 0 Å². The van der Waals surface area contributed by atoms with Crippen LogP contribution in [-0.4, -0.2) is 39.1 Å². The van der Waals surface area contributed by atoms with E-state index in [2.05, 4.69) is 4.99 Å². The van der Waals surface area contributed by atoms with E-state index >= 15 is 0 Å². The normalized spacial score (nSPS) is 19.9. The molecule has 3 rings (SSSR count). The van der Waals surface area contributed by atoms with Crippen LogP contribution in [0.3, 0.4) is 0 Å². The lowest BCUT2D eigenvalue weighted by Crippen LogP contribution is -2.62. The number of benzene rings is 2. The number of alkyl halides is 3. The molecule has 11 heteroatoms. The highest BCUT2D eigenvalue weighted by atomic mass is 32.2. The van der Waals surface area contributed by atoms with Crippen molar-refractivity contribution in [2.75, 3.05) is 7.11 Å². The van der Waals surface area contributed by atoms with E-state index in [0.717, 1.165) is 12.1 Å². The molecule has 2 aromatic carbocycles. The topological polar surface area (TPSA) is 96.9 Å². The van der Waals surface area contributed by atoms with E-state index in [1.807, 2.05) is 5.32 Å². The predicted octanol–water partition coefficient (Wildman–Crippen LogP) is 1.81. The lowest BCUT2D eigenvalue weighted by molar-refractivity contribution is -0.190. The van der Waals surface area contributed by atoms with Crippen LogP contribution < -0.4 is 14.8 Å². The zero-order chi connectivity index (χ0) is 20.6. The molecule has 0 radical (unpaired) electrons. The maximum Gasteiger partial charge on any atom is 0.437 e. The van der Waals surface area contributed by atoms with Gasteiger partial charge < -0.3 is 10.1 Å². The maximum atomic E-state index is 13.8. The Labute approximate surface area is 158 Å². The predicted molar refractivity (Wildman–Crippen MR) is 93.2 cm³/mol. The van der Waals surface area contributed by atoms with Crippen LogP contribution in [0.1, 0.15) is 5.56 Å². The Bertz CT molecular complexity index is 1020. The molecule has 0 saturated heterocycles. The molecule has 0 fully saturated rings. The minimum atomic E-state index is -5.33. The molecule has 1 aliphatic heterocycles. The summed E-state index contributed by atoms with van der Waals surface area (Å²) in [6, 6.07) is 12.2. The summed E-state index contributed by atoms with van der Waals surface area (Å²) in [5.74, 6) is -1.72. The number of carbonyl (C=O) groups excluding carboxylic acids is 1. The van der Waals surface area contributed by atoms with Gasteiger partial charge in [-0.05, 0) is 24.3 Å². The van der Waals surface area contributed by atoms with Gasteiger partial charge in [0.25, 0.3) is 5.91 Å². The second kappa shape index (κ2) is 6.91. The number of rotatable bonds is 5. The van der Waals surface area contributed by atoms with Crippen LogP contribution in [0, 0.1) is 0 Å². The minimum absolute atomic E-state index is 0.200. The zero-order valence-electron chi connectivity index (χ0n) is 14.3. The van der Waals surface area contributed by atoms with Crippen molar-refractivity contribution < 1.29 is 31.1 Å². The number of carbonyl (C=O) groups is 1. The van der Waals surface area contributed by atoms with Crippen LogP contribution in [-0.2, 0) is 14.8 Å². The van der Waals surface area contributed by atoms with Crippen molar-refractivity contribution in [2.24, 2.45) is 4.99 Å². The number of methoxy groups -OCH3 is 1. The Kier molecular flexibility index (Phi) is 4.90. The van der Waals surface area contributed by atoms with Crippen molar-refractivity contribution in [3.05, 3.63) is 60.2 Å². The second-order valence-electron chi connectivity index (χ2n) is 5.77. The molecular weight excluding hydrogens is 399 g/mol. The van der Waals surface area contributed by atoms with Crippen LogP contribution in [0.5, 0.6) is 5.75 Å². The van der Waals surface area contributed by atoms with Crippen molar-refractivity contribution in [1.82, 2.24) is 10.0 Å². The summed E-state index contributed by atoms with van der Waals surface area (Å²) in [5, 5.41) is 2.00. The van der Waals surface area contributed by atoms with Gasteiger partial charge in [0.05, 0.1) is 12.0 Å². The van der Waals surface area contributed by atoms with E-state index < -0.39 is 32.7 Å². The molecule has 1 heterocycles. The van der Waals surface area contributed by atoms with Crippen LogP contribution in [0.15, 0.2) is 64.5 Å². The number of sulfonamides is 1. The molecule has 2 N–H and O–H groups in total. The summed E-state index contributed by atoms with van der Waals surface area (Å²) in [6.45, 7) is 0. The molecule has 0 bridgehead atoms. The first-order valence-corrected chi connectivity index (χ1v) is 9.29. The van der Waals surface area contributed by atoms with E-state index in [1.54, 1.807) is 18.2 Å². The molecule has 0 aromatic heterocycles. The smallest absolute Gasteiger partial charge is 0.437 e. The molecule has 1 atom stereocenters. The van der Waals surface area contributed by atoms with Crippen LogP contribution in [0.4, 0.5) is 13.2 Å². The van der Waals surface area contributed by atoms with Gasteiger partial charge in [-0.2, -0.15) is 17.9 Å². The molecule has 0 saturated carbocycles. The van der Waals surface area contributed by atoms with Gasteiger partial charge in [0, 0.05) is 5.56 Å². The number of nitrogens with one attached hydrogen (secondary N) is 2. The maximum absolute atomic E-state index is 13.8. The lowest BCUT2D eigenvalue weighted by Gasteiger charge is -2.26. The van der Waals surface area contributed by atoms with Gasteiger partial charge in [-0.1, -0.05) is 30.3 Å². The van der Waals surface area contributed by atoms with Gasteiger partial charge in [-0.3, -0.25) is 4.79 Å². The number of aliphatic imine (C=N–C) groups is 1. The lowest BCUT2D eigenvalue weighted by atomic mass is 10.2. The fraction of sp³-hybridized carbons (Fsp3) is 0.176. The average Bonchev–Trinajstić information content (AvgIpc) is 2.99. The summed E-state index contributed by atoms with van der Waals surface area (Å²) < 4.78 is 72.8. The third-order valence-corrected chi connectivity index (χ3v) is 5.41. The van der Waals surface area contributed by atoms with E-state index in [-0.39, 0.29) is 11.4 Å². The Balaban J connectivity index is 2.05. The number of amides is 1. The highest BCUT2D eigenvalue weighted by Gasteiger charge is 2.66. The summed E-state index contributed by atoms with van der Waals surface area (Å²) in [7, 11) is -3.39. The largest absolute Gasteiger partial charge is 0.497 e. The third kappa shape index (κ3) is 3.45. The molecule has 7 nitrogen and oxygen atoms in total. The molecule has 0 aliphatic carbocycles. The summed E-state index contributed by atoms with van der Waals surface area (Å²) in [4.78, 5) is 15.2. The van der Waals surface area contributed by atoms with Gasteiger partial charge >= 0.3 is 11.8 Å². The van der Waals surface area contributed by atoms with Gasteiger partial charge in [0.2, 0.25) is 10.0 Å². The van der Waals surface area contributed by atoms with E-state index in [9.17, 15) is 26.4 Å². The second-order valence-corrected chi connectivity index (χ2v) is 7.45. The number of hydrogen-bond donors (Lipinski definition) is 2. The molecule has 0 unspecified atom stereocenters. The number of nitrogens with zero attached hydrogens (tertiary/aromatic N) is 1. The molecular formula is C17H14F3N3O4S. The van der Waals surface area contributed by atoms with E-state index in [1.165, 1.54) is 36.1 Å². The Morgan fingerprint density at radius 3 is 2.21 bits per heavy atom. The van der Waals surface area contributed by atoms with Crippen molar-refractivity contribution in [2.45, 2.75) is 16.7 Å². The van der Waals surface area contributed by atoms with Gasteiger partial charge in [0.1, 0.15) is 11.6 Å². The highest BCUT2D eigenvalue weighted by Crippen LogP contribution is 2.36. The van der Waals surface area contributed by atoms with Gasteiger partial charge in [-0.25, -0.2) is 13.4 Å². The number of ether oxygens (including phenoxy) is 1. The van der Waals surface area contributed by atoms with Crippen molar-refractivity contribution in [3.8, 4) is 5.75 Å². The van der Waals surface area contributed by atoms with Crippen molar-refractivity contribution >= 4 is 21.8 Å². The first kappa shape index (κ1) is 19.8. The van der Waals surface area contributed by atoms with Gasteiger partial charge in [-0.15, -0.1) is 0 Å². The minimum Gasteiger partial charge on any atom is -0.497 e. The number of halogens is 3. The molecule has 28 heavy (non-hydrogen) atoms. The third-order valence-electron chi connectivity index (χ3n) is 3.95. The van der Waals surface area contributed by atoms with Crippen LogP contribution in [0.25, 0.3) is 0 Å². The molecule has 148 valence electrons. The van der Waals surface area contributed by atoms with E-state index in [0.29, 0.717) is 5.75 Å². The molecule has 1 amide bonds. The Morgan fingerprint density at radius 1 is 1.07 bits per heavy atom. The highest BCUT2D eigenvalue weighted by molar-refractivity contribution is 7.89. The average molecular weight is 413 g/mol. The first-order chi connectivity index (χ1) is 13.1. The van der Waals surface area contributed by atoms with Gasteiger partial charge in [0.15, 0.2) is 0 Å². The van der Waals surface area contributed by atoms with Crippen LogP contribution in [0.2, 0.25) is 0 Å². The van der Waals surface area contributed by atoms with E-state index in [4.69, 9.17) is 4.74 Å². The summed E-state index contributed by atoms with van der Waals surface area (Å²) in [6.07, 6.45) is -5.33. The molecule has 1 aliphatic rings. The standard InChI is InChI=1S/C17H14F3N3O4S/c1-27-12-7-9-13(10-8-12)28(25,26)23-16(17(18,19)20)15(24)21-14(22-16)11-5-3-2-4-6-11/h2-10,23H,1H3,(H,21,22,24)/t16-/m0/s1. The zero-order valence-corrected chi connectivity index (χ0v) is 15.1. The fourth-order valence-electron chi connectivity index (χ4n) is 2.50. The molecule has 0 spiro atoms. The first-order valence-electron chi connectivity index (χ1n) is 7.80. The van der Waals surface area contributed by atoms with Crippen molar-refractivity contribution in [1.29, 1.82) is 0 Å².